The molecule has 1 atom stereocenters. The van der Waals surface area contributed by atoms with Gasteiger partial charge in [-0.15, -0.1) is 0 Å². The first-order chi connectivity index (χ1) is 15.3. The maximum absolute atomic E-state index is 13.0. The number of nitrogens with one attached hydrogen (secondary N) is 1. The van der Waals surface area contributed by atoms with E-state index < -0.39 is 15.9 Å². The number of anilines is 1. The van der Waals surface area contributed by atoms with Crippen molar-refractivity contribution in [3.05, 3.63) is 18.2 Å². The van der Waals surface area contributed by atoms with Crippen LogP contribution in [0.25, 0.3) is 10.2 Å². The zero-order valence-corrected chi connectivity index (χ0v) is 19.7. The van der Waals surface area contributed by atoms with Gasteiger partial charge in [0.2, 0.25) is 21.8 Å². The Balaban J connectivity index is 1.45. The molecule has 1 aromatic heterocycles. The lowest BCUT2D eigenvalue weighted by atomic mass is 10.1. The maximum Gasteiger partial charge on any atom is 0.243 e. The molecule has 174 valence electrons. The number of amides is 2. The van der Waals surface area contributed by atoms with E-state index in [4.69, 9.17) is 4.74 Å². The second-order valence-corrected chi connectivity index (χ2v) is 11.0. The molecule has 0 spiro atoms. The number of hydrogen-bond acceptors (Lipinski definition) is 8. The highest BCUT2D eigenvalue weighted by Crippen LogP contribution is 2.30. The first-order valence-electron chi connectivity index (χ1n) is 10.4. The molecule has 32 heavy (non-hydrogen) atoms. The molecule has 3 heterocycles. The zero-order valence-electron chi connectivity index (χ0n) is 18.1. The van der Waals surface area contributed by atoms with E-state index in [2.05, 4.69) is 15.2 Å². The molecule has 0 saturated carbocycles. The minimum atomic E-state index is -3.58. The molecule has 0 bridgehead atoms. The number of benzene rings is 1. The van der Waals surface area contributed by atoms with Crippen molar-refractivity contribution >= 4 is 48.5 Å². The molecule has 10 nitrogen and oxygen atoms in total. The Morgan fingerprint density at radius 2 is 2.03 bits per heavy atom. The molecule has 0 radical (unpaired) electrons. The number of likely N-dealkylation sites (N-methyl/N-ethyl adjacent to an activating group) is 1. The summed E-state index contributed by atoms with van der Waals surface area (Å²) in [5, 5.41) is 3.18. The number of carbonyl (C=O) groups excluding carboxylic acids is 2. The number of ether oxygens (including phenoxy) is 1. The molecular weight excluding hydrogens is 454 g/mol. The number of thiazole rings is 1. The van der Waals surface area contributed by atoms with Gasteiger partial charge in [0.1, 0.15) is 0 Å². The first-order valence-corrected chi connectivity index (χ1v) is 12.7. The number of carbonyl (C=O) groups is 2. The monoisotopic (exact) mass is 481 g/mol. The summed E-state index contributed by atoms with van der Waals surface area (Å²) in [5.41, 5.74) is 0.617. The lowest BCUT2D eigenvalue weighted by molar-refractivity contribution is -0.128. The van der Waals surface area contributed by atoms with Crippen LogP contribution in [-0.2, 0) is 24.3 Å². The van der Waals surface area contributed by atoms with Crippen molar-refractivity contribution in [3.8, 4) is 0 Å². The maximum atomic E-state index is 13.0. The van der Waals surface area contributed by atoms with E-state index in [9.17, 15) is 18.0 Å². The second kappa shape index (κ2) is 9.40. The topological polar surface area (TPSA) is 112 Å². The highest BCUT2D eigenvalue weighted by atomic mass is 32.2. The van der Waals surface area contributed by atoms with Crippen molar-refractivity contribution < 1.29 is 22.7 Å². The van der Waals surface area contributed by atoms with E-state index in [1.54, 1.807) is 30.2 Å². The fourth-order valence-electron chi connectivity index (χ4n) is 3.87. The van der Waals surface area contributed by atoms with E-state index in [1.807, 2.05) is 7.05 Å². The van der Waals surface area contributed by atoms with Crippen LogP contribution in [0.3, 0.4) is 0 Å². The van der Waals surface area contributed by atoms with Gasteiger partial charge in [-0.05, 0) is 25.2 Å². The number of aromatic nitrogens is 1. The third kappa shape index (κ3) is 4.79. The number of methoxy groups -OCH3 is 1. The van der Waals surface area contributed by atoms with Gasteiger partial charge in [0.05, 0.1) is 27.6 Å². The van der Waals surface area contributed by atoms with Gasteiger partial charge >= 0.3 is 0 Å². The summed E-state index contributed by atoms with van der Waals surface area (Å²) in [6.07, 6.45) is 0.161. The summed E-state index contributed by atoms with van der Waals surface area (Å²) in [6.45, 7) is 3.56. The Hall–Kier alpha value is -2.12. The van der Waals surface area contributed by atoms with Gasteiger partial charge in [0, 0.05) is 52.8 Å². The van der Waals surface area contributed by atoms with Crippen molar-refractivity contribution in [3.63, 3.8) is 0 Å². The molecule has 1 unspecified atom stereocenters. The van der Waals surface area contributed by atoms with Crippen LogP contribution in [0, 0.1) is 5.92 Å². The number of piperazine rings is 1. The lowest BCUT2D eigenvalue weighted by Crippen LogP contribution is -2.46. The van der Waals surface area contributed by atoms with Gasteiger partial charge < -0.3 is 19.9 Å². The minimum absolute atomic E-state index is 0.0646. The predicted octanol–water partition coefficient (Wildman–Crippen LogP) is 0.666. The number of fused-ring (bicyclic) bond motifs is 1. The lowest BCUT2D eigenvalue weighted by Gasteiger charge is -2.31. The molecule has 2 amide bonds. The summed E-state index contributed by atoms with van der Waals surface area (Å²) in [5.74, 6) is -0.771. The molecule has 4 rings (SSSR count). The largest absolute Gasteiger partial charge is 0.383 e. The van der Waals surface area contributed by atoms with E-state index in [0.717, 1.165) is 0 Å². The van der Waals surface area contributed by atoms with Crippen molar-refractivity contribution in [1.29, 1.82) is 0 Å². The van der Waals surface area contributed by atoms with Crippen molar-refractivity contribution in [2.45, 2.75) is 11.3 Å². The number of rotatable bonds is 7. The quantitative estimate of drug-likeness (QED) is 0.618. The molecule has 2 aliphatic rings. The van der Waals surface area contributed by atoms with Crippen LogP contribution in [0.15, 0.2) is 23.1 Å². The average molecular weight is 482 g/mol. The Morgan fingerprint density at radius 1 is 1.28 bits per heavy atom. The molecule has 12 heteroatoms. The van der Waals surface area contributed by atoms with Gasteiger partial charge in [-0.2, -0.15) is 4.31 Å². The highest BCUT2D eigenvalue weighted by Gasteiger charge is 2.34. The number of hydrogen-bond donors (Lipinski definition) is 1. The fraction of sp³-hybridized carbons (Fsp3) is 0.550. The van der Waals surface area contributed by atoms with Crippen LogP contribution < -0.4 is 5.32 Å². The molecule has 2 saturated heterocycles. The molecule has 2 aliphatic heterocycles. The smallest absolute Gasteiger partial charge is 0.243 e. The van der Waals surface area contributed by atoms with Crippen molar-refractivity contribution in [1.82, 2.24) is 19.1 Å². The van der Waals surface area contributed by atoms with Crippen LogP contribution in [0.5, 0.6) is 0 Å². The first kappa shape index (κ1) is 23.1. The second-order valence-electron chi connectivity index (χ2n) is 8.08. The Bertz CT molecular complexity index is 1110. The number of likely N-dealkylation sites (tertiary alicyclic amines) is 1. The van der Waals surface area contributed by atoms with Crippen LogP contribution >= 0.6 is 11.3 Å². The molecule has 0 aliphatic carbocycles. The summed E-state index contributed by atoms with van der Waals surface area (Å²) < 4.78 is 33.2. The highest BCUT2D eigenvalue weighted by molar-refractivity contribution is 7.89. The van der Waals surface area contributed by atoms with Gasteiger partial charge in [-0.3, -0.25) is 9.59 Å². The van der Waals surface area contributed by atoms with E-state index in [-0.39, 0.29) is 23.1 Å². The minimum Gasteiger partial charge on any atom is -0.383 e. The van der Waals surface area contributed by atoms with Crippen LogP contribution in [0.1, 0.15) is 6.42 Å². The van der Waals surface area contributed by atoms with Gasteiger partial charge in [0.25, 0.3) is 0 Å². The molecule has 2 fully saturated rings. The third-order valence-electron chi connectivity index (χ3n) is 5.84. The predicted molar refractivity (Wildman–Crippen MR) is 121 cm³/mol. The summed E-state index contributed by atoms with van der Waals surface area (Å²) in [7, 11) is -0.0357. The van der Waals surface area contributed by atoms with Crippen LogP contribution in [0.4, 0.5) is 5.13 Å². The van der Waals surface area contributed by atoms with Crippen molar-refractivity contribution in [2.24, 2.45) is 5.92 Å². The average Bonchev–Trinajstić information content (AvgIpc) is 3.34. The van der Waals surface area contributed by atoms with Crippen LogP contribution in [-0.4, -0.2) is 99.4 Å². The fourth-order valence-corrected chi connectivity index (χ4v) is 6.30. The van der Waals surface area contributed by atoms with Gasteiger partial charge in [-0.25, -0.2) is 13.4 Å². The van der Waals surface area contributed by atoms with E-state index >= 15 is 0 Å². The SMILES string of the molecule is COCCN1CC(C(=O)Nc2nc3ccc(S(=O)(=O)N4CCN(C)CC4)cc3s2)CC1=O. The van der Waals surface area contributed by atoms with E-state index in [1.165, 1.54) is 15.6 Å². The Morgan fingerprint density at radius 3 is 2.75 bits per heavy atom. The summed E-state index contributed by atoms with van der Waals surface area (Å²) in [6, 6.07) is 4.84. The molecule has 2 aromatic rings. The standard InChI is InChI=1S/C20H27N5O5S2/c1-23-5-7-25(8-6-23)32(28,29)15-3-4-16-17(12-15)31-20(21-16)22-19(27)14-11-18(26)24(13-14)9-10-30-2/h3-4,12,14H,5-11,13H2,1-2H3,(H,21,22,27). The van der Waals surface area contributed by atoms with Gasteiger partial charge in [0.15, 0.2) is 5.13 Å². The number of sulfonamides is 1. The summed E-state index contributed by atoms with van der Waals surface area (Å²) >= 11 is 1.22. The van der Waals surface area contributed by atoms with Crippen LogP contribution in [0.2, 0.25) is 0 Å². The number of nitrogens with zero attached hydrogens (tertiary/aromatic N) is 4. The van der Waals surface area contributed by atoms with Gasteiger partial charge in [-0.1, -0.05) is 11.3 Å². The zero-order chi connectivity index (χ0) is 22.9. The Labute approximate surface area is 191 Å². The molecule has 1 N–H and O–H groups in total. The normalized spacial score (nSPS) is 20.9. The molecular formula is C20H27N5O5S2. The third-order valence-corrected chi connectivity index (χ3v) is 8.67. The molecule has 1 aromatic carbocycles. The summed E-state index contributed by atoms with van der Waals surface area (Å²) in [4.78, 5) is 33.1. The van der Waals surface area contributed by atoms with Crippen molar-refractivity contribution in [2.75, 3.05) is 65.3 Å². The Kier molecular flexibility index (Phi) is 6.77. The van der Waals surface area contributed by atoms with E-state index in [0.29, 0.717) is 61.2 Å².